The Bertz CT molecular complexity index is 1280. The van der Waals surface area contributed by atoms with Crippen molar-refractivity contribution >= 4 is 19.7 Å². The van der Waals surface area contributed by atoms with E-state index in [1.54, 1.807) is 0 Å². The predicted molar refractivity (Wildman–Crippen MR) is 279 cm³/mol. The first-order valence-electron chi connectivity index (χ1n) is 27.5. The van der Waals surface area contributed by atoms with E-state index in [9.17, 15) is 19.0 Å². The van der Waals surface area contributed by atoms with Gasteiger partial charge >= 0.3 is 5.97 Å². The van der Waals surface area contributed by atoms with E-state index in [2.05, 4.69) is 62.5 Å². The van der Waals surface area contributed by atoms with Crippen molar-refractivity contribution in [3.63, 3.8) is 0 Å². The van der Waals surface area contributed by atoms with Gasteiger partial charge in [-0.05, 0) is 76.7 Å². The molecule has 1 N–H and O–H groups in total. The van der Waals surface area contributed by atoms with Gasteiger partial charge in [0.25, 0.3) is 7.82 Å². The third-order valence-electron chi connectivity index (χ3n) is 12.0. The molecule has 3 atom stereocenters. The summed E-state index contributed by atoms with van der Waals surface area (Å²) in [6.07, 6.45) is 55.0. The second kappa shape index (κ2) is 46.7. The number of carbonyl (C=O) groups is 2. The molecule has 386 valence electrons. The van der Waals surface area contributed by atoms with Gasteiger partial charge in [-0.3, -0.25) is 14.2 Å². The van der Waals surface area contributed by atoms with Crippen LogP contribution in [0, 0.1) is 0 Å². The fourth-order valence-corrected chi connectivity index (χ4v) is 8.39. The molecule has 0 aliphatic rings. The normalized spacial score (nSPS) is 14.2. The molecule has 0 radical (unpaired) electrons. The molecule has 9 nitrogen and oxygen atoms in total. The van der Waals surface area contributed by atoms with Crippen LogP contribution in [0.4, 0.5) is 0 Å². The summed E-state index contributed by atoms with van der Waals surface area (Å²) in [6, 6.07) is -0.902. The van der Waals surface area contributed by atoms with Gasteiger partial charge in [-0.1, -0.05) is 205 Å². The minimum Gasteiger partial charge on any atom is -0.756 e. The second-order valence-corrected chi connectivity index (χ2v) is 21.2. The summed E-state index contributed by atoms with van der Waals surface area (Å²) in [5, 5.41) is 3.00. The summed E-state index contributed by atoms with van der Waals surface area (Å²) < 4.78 is 30.1. The number of unbranched alkanes of at least 4 members (excludes halogenated alkanes) is 28. The van der Waals surface area contributed by atoms with Crippen LogP contribution >= 0.6 is 7.82 Å². The lowest BCUT2D eigenvalue weighted by Gasteiger charge is -2.30. The van der Waals surface area contributed by atoms with E-state index < -0.39 is 26.6 Å². The van der Waals surface area contributed by atoms with Crippen molar-refractivity contribution in [1.82, 2.24) is 5.32 Å². The zero-order valence-electron chi connectivity index (χ0n) is 43.9. The van der Waals surface area contributed by atoms with Gasteiger partial charge in [-0.25, -0.2) is 0 Å². The highest BCUT2D eigenvalue weighted by Gasteiger charge is 2.27. The topological polar surface area (TPSA) is 114 Å². The van der Waals surface area contributed by atoms with Crippen LogP contribution < -0.4 is 10.2 Å². The summed E-state index contributed by atoms with van der Waals surface area (Å²) in [7, 11) is 1.16. The standard InChI is InChI=1S/C56H105N2O7P/c1-7-10-13-16-19-22-25-27-28-29-31-34-36-39-42-45-48-55(59)57-53(52-64-66(61,62)63-51-50-58(4,5)6)54(47-44-41-38-35-33-30-26-23-20-17-14-11-8-2)65-56(60)49-46-43-40-37-32-24-21-18-15-12-9-3/h18,21,28-29,31,34,44,47,53-54H,7-17,19-20,22-27,30,32-33,35-43,45-46,48-52H2,1-6H3,(H-,57,59,61,62)/b21-18-,29-28+,34-31+,47-44+. The monoisotopic (exact) mass is 949 g/mol. The van der Waals surface area contributed by atoms with Crippen LogP contribution in [0.2, 0.25) is 0 Å². The number of quaternary nitrogens is 1. The molecule has 0 bridgehead atoms. The van der Waals surface area contributed by atoms with Crippen molar-refractivity contribution < 1.29 is 37.3 Å². The molecule has 0 aromatic rings. The third kappa shape index (κ3) is 47.1. The number of carbonyl (C=O) groups excluding carboxylic acids is 2. The van der Waals surface area contributed by atoms with Crippen LogP contribution in [-0.2, 0) is 27.9 Å². The molecule has 0 saturated heterocycles. The number of rotatable bonds is 49. The molecule has 0 heterocycles. The van der Waals surface area contributed by atoms with Gasteiger partial charge in [0.2, 0.25) is 5.91 Å². The third-order valence-corrected chi connectivity index (χ3v) is 13.0. The molecule has 0 fully saturated rings. The summed E-state index contributed by atoms with van der Waals surface area (Å²) in [4.78, 5) is 39.7. The first-order valence-corrected chi connectivity index (χ1v) is 28.9. The van der Waals surface area contributed by atoms with Crippen molar-refractivity contribution in [2.24, 2.45) is 0 Å². The van der Waals surface area contributed by atoms with Crippen molar-refractivity contribution in [2.45, 2.75) is 258 Å². The zero-order chi connectivity index (χ0) is 48.7. The zero-order valence-corrected chi connectivity index (χ0v) is 44.8. The van der Waals surface area contributed by atoms with Gasteiger partial charge < -0.3 is 28.5 Å². The number of nitrogens with zero attached hydrogens (tertiary/aromatic N) is 1. The van der Waals surface area contributed by atoms with E-state index in [1.165, 1.54) is 116 Å². The molecule has 0 rings (SSSR count). The molecule has 0 spiro atoms. The van der Waals surface area contributed by atoms with Crippen molar-refractivity contribution in [1.29, 1.82) is 0 Å². The van der Waals surface area contributed by atoms with Gasteiger partial charge in [0.05, 0.1) is 33.8 Å². The van der Waals surface area contributed by atoms with Gasteiger partial charge in [0.1, 0.15) is 19.3 Å². The summed E-state index contributed by atoms with van der Waals surface area (Å²) in [6.45, 7) is 6.77. The maximum Gasteiger partial charge on any atom is 0.306 e. The van der Waals surface area contributed by atoms with Gasteiger partial charge in [0.15, 0.2) is 0 Å². The van der Waals surface area contributed by atoms with Gasteiger partial charge in [0, 0.05) is 12.8 Å². The van der Waals surface area contributed by atoms with Gasteiger partial charge in [-0.2, -0.15) is 0 Å². The molecule has 1 amide bonds. The quantitative estimate of drug-likeness (QED) is 0.0161. The fourth-order valence-electron chi connectivity index (χ4n) is 7.67. The largest absolute Gasteiger partial charge is 0.756 e. The van der Waals surface area contributed by atoms with Crippen LogP contribution in [0.15, 0.2) is 48.6 Å². The lowest BCUT2D eigenvalue weighted by molar-refractivity contribution is -0.870. The molecule has 3 unspecified atom stereocenters. The summed E-state index contributed by atoms with van der Waals surface area (Å²) in [5.41, 5.74) is 0. The number of ether oxygens (including phenoxy) is 1. The lowest BCUT2D eigenvalue weighted by atomic mass is 10.0. The highest BCUT2D eigenvalue weighted by atomic mass is 31.2. The van der Waals surface area contributed by atoms with E-state index in [0.717, 1.165) is 83.5 Å². The number of phosphoric ester groups is 1. The van der Waals surface area contributed by atoms with E-state index in [0.29, 0.717) is 23.9 Å². The maximum atomic E-state index is 13.4. The molecular weight excluding hydrogens is 844 g/mol. The number of esters is 1. The van der Waals surface area contributed by atoms with Crippen LogP contribution in [0.3, 0.4) is 0 Å². The van der Waals surface area contributed by atoms with Crippen LogP contribution in [0.5, 0.6) is 0 Å². The van der Waals surface area contributed by atoms with Gasteiger partial charge in [-0.15, -0.1) is 0 Å². The van der Waals surface area contributed by atoms with Crippen LogP contribution in [0.1, 0.15) is 245 Å². The first kappa shape index (κ1) is 64.0. The van der Waals surface area contributed by atoms with E-state index in [4.69, 9.17) is 13.8 Å². The SMILES string of the molecule is CCCC/C=C\CCCCCCCC(=O)OC(/C=C/CCCCCCCCCCCCC)C(COP(=O)([O-])OCC[N+](C)(C)C)NC(=O)CCCCC/C=C/C=C/CCCCCCCCC. The minimum absolute atomic E-state index is 0.0288. The summed E-state index contributed by atoms with van der Waals surface area (Å²) in [5.74, 6) is -0.582. The molecule has 0 aliphatic heterocycles. The Hall–Kier alpha value is -2.03. The Morgan fingerprint density at radius 1 is 0.530 bits per heavy atom. The van der Waals surface area contributed by atoms with Crippen molar-refractivity contribution in [3.05, 3.63) is 48.6 Å². The molecule has 0 aromatic heterocycles. The van der Waals surface area contributed by atoms with Crippen LogP contribution in [-0.4, -0.2) is 69.4 Å². The number of hydrogen-bond donors (Lipinski definition) is 1. The molecular formula is C56H105N2O7P. The highest BCUT2D eigenvalue weighted by Crippen LogP contribution is 2.38. The predicted octanol–water partition coefficient (Wildman–Crippen LogP) is 15.5. The first-order chi connectivity index (χ1) is 31.9. The van der Waals surface area contributed by atoms with E-state index in [1.807, 2.05) is 33.3 Å². The Morgan fingerprint density at radius 2 is 0.939 bits per heavy atom. The number of amides is 1. The Labute approximate surface area is 408 Å². The fraction of sp³-hybridized carbons (Fsp3) is 0.821. The van der Waals surface area contributed by atoms with Crippen molar-refractivity contribution in [2.75, 3.05) is 40.9 Å². The minimum atomic E-state index is -4.70. The molecule has 0 aliphatic carbocycles. The molecule has 0 saturated carbocycles. The second-order valence-electron chi connectivity index (χ2n) is 19.8. The Morgan fingerprint density at radius 3 is 1.44 bits per heavy atom. The molecule has 10 heteroatoms. The number of phosphoric acid groups is 1. The summed E-state index contributed by atoms with van der Waals surface area (Å²) >= 11 is 0. The van der Waals surface area contributed by atoms with Crippen LogP contribution in [0.25, 0.3) is 0 Å². The average molecular weight is 949 g/mol. The average Bonchev–Trinajstić information content (AvgIpc) is 3.27. The Kier molecular flexibility index (Phi) is 45.3. The number of allylic oxidation sites excluding steroid dienone is 7. The Balaban J connectivity index is 5.45. The van der Waals surface area contributed by atoms with E-state index in [-0.39, 0.29) is 31.3 Å². The molecule has 0 aromatic carbocycles. The number of nitrogens with one attached hydrogen (secondary N) is 1. The molecule has 66 heavy (non-hydrogen) atoms. The smallest absolute Gasteiger partial charge is 0.306 e. The van der Waals surface area contributed by atoms with E-state index >= 15 is 0 Å². The lowest BCUT2D eigenvalue weighted by Crippen LogP contribution is -2.47. The number of hydrogen-bond acceptors (Lipinski definition) is 7. The highest BCUT2D eigenvalue weighted by molar-refractivity contribution is 7.45. The number of likely N-dealkylation sites (N-methyl/N-ethyl adjacent to an activating group) is 1. The van der Waals surface area contributed by atoms with Crippen molar-refractivity contribution in [3.8, 4) is 0 Å². The maximum absolute atomic E-state index is 13.4.